The number of ether oxygens (including phenoxy) is 10. The second-order valence-corrected chi connectivity index (χ2v) is 13.6. The molecule has 6 N–H and O–H groups in total. The number of epoxide rings is 1. The molecule has 19 nitrogen and oxygen atoms in total. The summed E-state index contributed by atoms with van der Waals surface area (Å²) < 4.78 is 57.4. The molecule has 0 amide bonds. The summed E-state index contributed by atoms with van der Waals surface area (Å²) >= 11 is 0. The molecule has 0 radical (unpaired) electrons. The van der Waals surface area contributed by atoms with Gasteiger partial charge in [0.25, 0.3) is 0 Å². The number of methoxy groups -OCH3 is 1. The van der Waals surface area contributed by atoms with E-state index in [1.165, 1.54) is 38.5 Å². The summed E-state index contributed by atoms with van der Waals surface area (Å²) in [6.45, 7) is 2.72. The van der Waals surface area contributed by atoms with E-state index in [1.54, 1.807) is 12.1 Å². The second kappa shape index (κ2) is 16.1. The van der Waals surface area contributed by atoms with E-state index in [0.717, 1.165) is 19.9 Å². The highest BCUT2D eigenvalue weighted by atomic mass is 16.8. The van der Waals surface area contributed by atoms with Crippen LogP contribution in [0.5, 0.6) is 11.5 Å². The van der Waals surface area contributed by atoms with Crippen LogP contribution in [0.2, 0.25) is 0 Å². The number of aliphatic hydroxyl groups is 5. The number of aliphatic hydroxyl groups excluding tert-OH is 5. The summed E-state index contributed by atoms with van der Waals surface area (Å²) in [6.07, 6.45) is -12.2. The van der Waals surface area contributed by atoms with Gasteiger partial charge in [-0.25, -0.2) is 4.79 Å². The van der Waals surface area contributed by atoms with Crippen molar-refractivity contribution < 1.29 is 92.4 Å². The van der Waals surface area contributed by atoms with E-state index in [1.807, 2.05) is 0 Å². The molecule has 0 aromatic heterocycles. The normalized spacial score (nSPS) is 40.9. The number of aromatic hydroxyl groups is 1. The Bertz CT molecular complexity index is 1600. The zero-order valence-electron chi connectivity index (χ0n) is 29.6. The van der Waals surface area contributed by atoms with Gasteiger partial charge in [0.05, 0.1) is 38.1 Å². The van der Waals surface area contributed by atoms with Crippen molar-refractivity contribution in [2.24, 2.45) is 11.8 Å². The largest absolute Gasteiger partial charge is 0.504 e. The van der Waals surface area contributed by atoms with Gasteiger partial charge in [0, 0.05) is 25.8 Å². The van der Waals surface area contributed by atoms with Gasteiger partial charge in [-0.3, -0.25) is 9.59 Å². The molecule has 16 atom stereocenters. The van der Waals surface area contributed by atoms with E-state index in [-0.39, 0.29) is 18.1 Å². The molecule has 6 rings (SSSR count). The zero-order chi connectivity index (χ0) is 39.1. The molecule has 1 aromatic carbocycles. The van der Waals surface area contributed by atoms with E-state index >= 15 is 0 Å². The molecule has 4 fully saturated rings. The lowest BCUT2D eigenvalue weighted by Crippen LogP contribution is -2.61. The number of phenolic OH excluding ortho intramolecular Hbond substituents is 1. The number of hydrogen-bond donors (Lipinski definition) is 6. The van der Waals surface area contributed by atoms with Crippen molar-refractivity contribution in [2.75, 3.05) is 20.3 Å². The molecule has 0 unspecified atom stereocenters. The summed E-state index contributed by atoms with van der Waals surface area (Å²) in [4.78, 5) is 36.9. The molecular weight excluding hydrogens is 724 g/mol. The highest BCUT2D eigenvalue weighted by Crippen LogP contribution is 2.61. The van der Waals surface area contributed by atoms with Gasteiger partial charge in [-0.05, 0) is 36.8 Å². The molecule has 0 bridgehead atoms. The minimum absolute atomic E-state index is 0.0870. The third-order valence-corrected chi connectivity index (χ3v) is 10.1. The number of carbonyl (C=O) groups is 3. The molecule has 4 aliphatic heterocycles. The van der Waals surface area contributed by atoms with E-state index in [9.17, 15) is 45.0 Å². The van der Waals surface area contributed by atoms with Crippen LogP contribution in [-0.4, -0.2) is 154 Å². The maximum atomic E-state index is 13.0. The van der Waals surface area contributed by atoms with Crippen molar-refractivity contribution in [3.63, 3.8) is 0 Å². The highest BCUT2D eigenvalue weighted by molar-refractivity contribution is 5.87. The van der Waals surface area contributed by atoms with Crippen molar-refractivity contribution in [1.29, 1.82) is 0 Å². The predicted octanol–water partition coefficient (Wildman–Crippen LogP) is -1.62. The Kier molecular flexibility index (Phi) is 11.8. The maximum Gasteiger partial charge on any atom is 0.330 e. The molecule has 0 spiro atoms. The van der Waals surface area contributed by atoms with Crippen LogP contribution in [-0.2, 0) is 57.0 Å². The topological polar surface area (TPSA) is 268 Å². The SMILES string of the molecule is COc1cc(/C=C/C(=O)OC[C@]23O[C@H]2[C@@H](O[C@@H]2O[C@@H](C)[C@H](OC(C)=O)[C@@H](O)[C@H]2OC(C)=O)[C@@H]2C=CO[C@@H](O[C@@H]4O[C@H](CO)[C@@H](O)[C@H](O)[C@H]4O)[C@@H]23)ccc1O. The van der Waals surface area contributed by atoms with Crippen LogP contribution >= 0.6 is 0 Å². The maximum absolute atomic E-state index is 13.0. The molecule has 4 heterocycles. The van der Waals surface area contributed by atoms with Crippen molar-refractivity contribution >= 4 is 24.0 Å². The predicted molar refractivity (Wildman–Crippen MR) is 174 cm³/mol. The van der Waals surface area contributed by atoms with Crippen molar-refractivity contribution in [3.8, 4) is 11.5 Å². The first kappa shape index (κ1) is 39.8. The Morgan fingerprint density at radius 3 is 2.30 bits per heavy atom. The molecular formula is C35H44O19. The minimum atomic E-state index is -1.77. The third-order valence-electron chi connectivity index (χ3n) is 10.1. The number of benzene rings is 1. The highest BCUT2D eigenvalue weighted by Gasteiger charge is 2.78. The number of fused-ring (bicyclic) bond motifs is 3. The van der Waals surface area contributed by atoms with Crippen molar-refractivity contribution in [2.45, 2.75) is 106 Å². The third kappa shape index (κ3) is 7.79. The summed E-state index contributed by atoms with van der Waals surface area (Å²) in [6, 6.07) is 4.46. The number of phenols is 1. The van der Waals surface area contributed by atoms with Gasteiger partial charge in [-0.1, -0.05) is 6.07 Å². The van der Waals surface area contributed by atoms with Gasteiger partial charge >= 0.3 is 17.9 Å². The Hall–Kier alpha value is -3.89. The average molecular weight is 769 g/mol. The van der Waals surface area contributed by atoms with Crippen molar-refractivity contribution in [1.82, 2.24) is 0 Å². The fourth-order valence-electron chi connectivity index (χ4n) is 7.41. The Morgan fingerprint density at radius 2 is 1.61 bits per heavy atom. The lowest BCUT2D eigenvalue weighted by molar-refractivity contribution is -0.347. The monoisotopic (exact) mass is 768 g/mol. The number of hydrogen-bond acceptors (Lipinski definition) is 19. The van der Waals surface area contributed by atoms with E-state index in [4.69, 9.17) is 47.4 Å². The number of carbonyl (C=O) groups excluding carboxylic acids is 3. The fourth-order valence-corrected chi connectivity index (χ4v) is 7.41. The quantitative estimate of drug-likeness (QED) is 0.0604. The van der Waals surface area contributed by atoms with Crippen LogP contribution in [0.15, 0.2) is 36.6 Å². The minimum Gasteiger partial charge on any atom is -0.504 e. The van der Waals surface area contributed by atoms with Gasteiger partial charge < -0.3 is 78.0 Å². The first-order valence-corrected chi connectivity index (χ1v) is 17.2. The molecule has 1 aromatic rings. The zero-order valence-corrected chi connectivity index (χ0v) is 29.6. The molecule has 298 valence electrons. The van der Waals surface area contributed by atoms with Gasteiger partial charge in [0.1, 0.15) is 48.8 Å². The number of esters is 3. The van der Waals surface area contributed by atoms with Crippen LogP contribution in [0.25, 0.3) is 6.08 Å². The Labute approximate surface area is 308 Å². The van der Waals surface area contributed by atoms with Crippen LogP contribution in [0.4, 0.5) is 0 Å². The van der Waals surface area contributed by atoms with Gasteiger partial charge in [-0.15, -0.1) is 0 Å². The van der Waals surface area contributed by atoms with Crippen LogP contribution in [0.3, 0.4) is 0 Å². The average Bonchev–Trinajstić information content (AvgIpc) is 3.80. The molecule has 5 aliphatic rings. The van der Waals surface area contributed by atoms with Gasteiger partial charge in [0.15, 0.2) is 36.3 Å². The summed E-state index contributed by atoms with van der Waals surface area (Å²) in [5.74, 6) is -3.70. The van der Waals surface area contributed by atoms with E-state index in [0.29, 0.717) is 5.56 Å². The van der Waals surface area contributed by atoms with Crippen LogP contribution in [0.1, 0.15) is 26.3 Å². The Morgan fingerprint density at radius 1 is 0.889 bits per heavy atom. The Balaban J connectivity index is 1.25. The molecule has 54 heavy (non-hydrogen) atoms. The smallest absolute Gasteiger partial charge is 0.330 e. The summed E-state index contributed by atoms with van der Waals surface area (Å²) in [7, 11) is 1.38. The number of rotatable bonds is 12. The second-order valence-electron chi connectivity index (χ2n) is 13.6. The van der Waals surface area contributed by atoms with E-state index in [2.05, 4.69) is 0 Å². The molecule has 1 aliphatic carbocycles. The van der Waals surface area contributed by atoms with Gasteiger partial charge in [0.2, 0.25) is 6.29 Å². The molecule has 19 heteroatoms. The summed E-state index contributed by atoms with van der Waals surface area (Å²) in [5, 5.41) is 62.1. The molecule has 3 saturated heterocycles. The first-order valence-electron chi connectivity index (χ1n) is 17.2. The molecule has 1 saturated carbocycles. The standard InChI is InChI=1S/C35H44O19/c1-14-28(49-15(2)37)27(44)30(50-16(3)38)34(48-14)52-29-18-9-10-46-32(53-33-26(43)25(42)24(41)21(12-36)51-33)23(18)35(31(29)54-35)13-47-22(40)8-6-17-5-7-19(39)20(11-17)45-4/h5-11,14,18,21,23-34,36,39,41-44H,12-13H2,1-4H3/b8-6+/t14-,18+,21+,23+,24+,25-,26+,27+,28-,29-,30+,31-,32-,33-,34-,35+/m0/s1. The van der Waals surface area contributed by atoms with Crippen LogP contribution < -0.4 is 4.74 Å². The first-order chi connectivity index (χ1) is 25.7. The lowest BCUT2D eigenvalue weighted by Gasteiger charge is -2.44. The fraction of sp³-hybridized carbons (Fsp3) is 0.629. The van der Waals surface area contributed by atoms with Gasteiger partial charge in [-0.2, -0.15) is 0 Å². The van der Waals surface area contributed by atoms with Crippen LogP contribution in [0, 0.1) is 11.8 Å². The van der Waals surface area contributed by atoms with Crippen molar-refractivity contribution in [3.05, 3.63) is 42.2 Å². The lowest BCUT2D eigenvalue weighted by atomic mass is 9.85. The summed E-state index contributed by atoms with van der Waals surface area (Å²) in [5.41, 5.74) is -0.837. The van der Waals surface area contributed by atoms with E-state index < -0.39 is 122 Å².